The molecule has 0 saturated carbocycles. The molecule has 64 valence electrons. The summed E-state index contributed by atoms with van der Waals surface area (Å²) in [5.41, 5.74) is -1.21. The zero-order valence-corrected chi connectivity index (χ0v) is 7.12. The van der Waals surface area contributed by atoms with E-state index < -0.39 is 19.0 Å². The lowest BCUT2D eigenvalue weighted by Crippen LogP contribution is -2.17. The zero-order valence-electron chi connectivity index (χ0n) is 6.23. The van der Waals surface area contributed by atoms with Crippen LogP contribution in [0.2, 0.25) is 0 Å². The minimum atomic E-state index is -3.56. The number of allylic oxidation sites excluding steroid dienone is 1. The molecule has 0 spiro atoms. The monoisotopic (exact) mass is 178 g/mol. The molecule has 4 nitrogen and oxygen atoms in total. The summed E-state index contributed by atoms with van der Waals surface area (Å²) in [5, 5.41) is 8.38. The first-order chi connectivity index (χ1) is 4.91. The Bertz CT molecular complexity index is 211. The van der Waals surface area contributed by atoms with Crippen LogP contribution in [0, 0.1) is 0 Å². The minimum absolute atomic E-state index is 0.152. The van der Waals surface area contributed by atoms with Gasteiger partial charge in [0, 0.05) is 6.16 Å². The third-order valence-electron chi connectivity index (χ3n) is 1.35. The average molecular weight is 178 g/mol. The van der Waals surface area contributed by atoms with Crippen LogP contribution in [-0.2, 0) is 9.36 Å². The highest BCUT2D eigenvalue weighted by Crippen LogP contribution is 2.45. The lowest BCUT2D eigenvalue weighted by atomic mass is 10.5. The molecule has 0 heterocycles. The molecule has 11 heavy (non-hydrogen) atoms. The standard InChI is InChI=1S/C6H11O4P/c1-3-4-11(9,10)5(2)6(7)8/h3,5H,1,4H2,2H3,(H,7,8)(H,9,10). The predicted octanol–water partition coefficient (Wildman–Crippen LogP) is 0.916. The highest BCUT2D eigenvalue weighted by atomic mass is 31.2. The lowest BCUT2D eigenvalue weighted by molar-refractivity contribution is -0.136. The SMILES string of the molecule is C=CCP(=O)(O)C(C)C(=O)O. The zero-order chi connectivity index (χ0) is 9.07. The van der Waals surface area contributed by atoms with Crippen molar-refractivity contribution in [1.29, 1.82) is 0 Å². The number of rotatable bonds is 4. The molecule has 0 radical (unpaired) electrons. The molecular weight excluding hydrogens is 167 g/mol. The van der Waals surface area contributed by atoms with Gasteiger partial charge in [-0.05, 0) is 6.92 Å². The summed E-state index contributed by atoms with van der Waals surface area (Å²) in [6.45, 7) is 4.48. The van der Waals surface area contributed by atoms with E-state index in [1.165, 1.54) is 13.0 Å². The summed E-state index contributed by atoms with van der Waals surface area (Å²) in [4.78, 5) is 19.3. The summed E-state index contributed by atoms with van der Waals surface area (Å²) < 4.78 is 11.1. The van der Waals surface area contributed by atoms with Crippen LogP contribution in [0.15, 0.2) is 12.7 Å². The summed E-state index contributed by atoms with van der Waals surface area (Å²) in [6.07, 6.45) is 1.10. The Morgan fingerprint density at radius 2 is 2.27 bits per heavy atom. The molecule has 0 aliphatic carbocycles. The first-order valence-electron chi connectivity index (χ1n) is 3.07. The Hall–Kier alpha value is -0.600. The van der Waals surface area contributed by atoms with Crippen molar-refractivity contribution < 1.29 is 19.4 Å². The topological polar surface area (TPSA) is 74.6 Å². The van der Waals surface area contributed by atoms with Crippen LogP contribution in [0.25, 0.3) is 0 Å². The van der Waals surface area contributed by atoms with E-state index in [1.54, 1.807) is 0 Å². The maximum absolute atomic E-state index is 11.1. The van der Waals surface area contributed by atoms with Crippen LogP contribution in [0.4, 0.5) is 0 Å². The van der Waals surface area contributed by atoms with Gasteiger partial charge >= 0.3 is 5.97 Å². The van der Waals surface area contributed by atoms with E-state index in [0.29, 0.717) is 0 Å². The van der Waals surface area contributed by atoms with E-state index in [1.807, 2.05) is 0 Å². The molecule has 0 aromatic carbocycles. The number of carboxylic acids is 1. The van der Waals surface area contributed by atoms with Crippen LogP contribution in [-0.4, -0.2) is 27.8 Å². The lowest BCUT2D eigenvalue weighted by Gasteiger charge is -2.12. The van der Waals surface area contributed by atoms with E-state index >= 15 is 0 Å². The van der Waals surface area contributed by atoms with Gasteiger partial charge in [-0.25, -0.2) is 0 Å². The van der Waals surface area contributed by atoms with Crippen LogP contribution < -0.4 is 0 Å². The Morgan fingerprint density at radius 1 is 1.82 bits per heavy atom. The first kappa shape index (κ1) is 10.4. The van der Waals surface area contributed by atoms with Gasteiger partial charge in [-0.3, -0.25) is 9.36 Å². The maximum Gasteiger partial charge on any atom is 0.316 e. The molecule has 0 saturated heterocycles. The van der Waals surface area contributed by atoms with Crippen molar-refractivity contribution in [3.05, 3.63) is 12.7 Å². The second kappa shape index (κ2) is 3.69. The molecule has 0 aromatic heterocycles. The fraction of sp³-hybridized carbons (Fsp3) is 0.500. The average Bonchev–Trinajstić information content (AvgIpc) is 1.86. The van der Waals surface area contributed by atoms with E-state index in [-0.39, 0.29) is 6.16 Å². The third kappa shape index (κ3) is 2.87. The quantitative estimate of drug-likeness (QED) is 0.495. The van der Waals surface area contributed by atoms with Crippen molar-refractivity contribution >= 4 is 13.3 Å². The van der Waals surface area contributed by atoms with Crippen LogP contribution in [0.5, 0.6) is 0 Å². The van der Waals surface area contributed by atoms with E-state index in [4.69, 9.17) is 10.00 Å². The molecule has 5 heteroatoms. The number of carbonyl (C=O) groups is 1. The van der Waals surface area contributed by atoms with E-state index in [2.05, 4.69) is 6.58 Å². The second-order valence-corrected chi connectivity index (χ2v) is 4.89. The maximum atomic E-state index is 11.1. The van der Waals surface area contributed by atoms with Gasteiger partial charge in [-0.2, -0.15) is 0 Å². The molecule has 0 aromatic rings. The van der Waals surface area contributed by atoms with Crippen molar-refractivity contribution in [3.63, 3.8) is 0 Å². The van der Waals surface area contributed by atoms with E-state index in [0.717, 1.165) is 0 Å². The predicted molar refractivity (Wildman–Crippen MR) is 42.0 cm³/mol. The molecule has 0 rings (SSSR count). The molecular formula is C6H11O4P. The highest BCUT2D eigenvalue weighted by molar-refractivity contribution is 7.59. The van der Waals surface area contributed by atoms with Crippen molar-refractivity contribution in [1.82, 2.24) is 0 Å². The Labute approximate surface area is 65.0 Å². The Morgan fingerprint density at radius 3 is 2.55 bits per heavy atom. The van der Waals surface area contributed by atoms with Gasteiger partial charge < -0.3 is 10.00 Å². The molecule has 0 aliphatic heterocycles. The summed E-state index contributed by atoms with van der Waals surface area (Å²) in [6, 6.07) is 0. The fourth-order valence-corrected chi connectivity index (χ4v) is 1.55. The van der Waals surface area contributed by atoms with Crippen molar-refractivity contribution in [2.75, 3.05) is 6.16 Å². The smallest absolute Gasteiger partial charge is 0.316 e. The van der Waals surface area contributed by atoms with Gasteiger partial charge in [0.05, 0.1) is 0 Å². The summed E-state index contributed by atoms with van der Waals surface area (Å²) in [5.74, 6) is -1.25. The second-order valence-electron chi connectivity index (χ2n) is 2.24. The van der Waals surface area contributed by atoms with Crippen LogP contribution in [0.1, 0.15) is 6.92 Å². The van der Waals surface area contributed by atoms with E-state index in [9.17, 15) is 9.36 Å². The number of hydrogen-bond donors (Lipinski definition) is 2. The number of hydrogen-bond acceptors (Lipinski definition) is 2. The minimum Gasteiger partial charge on any atom is -0.481 e. The van der Waals surface area contributed by atoms with Gasteiger partial charge in [0.15, 0.2) is 0 Å². The van der Waals surface area contributed by atoms with Crippen LogP contribution in [0.3, 0.4) is 0 Å². The number of carboxylic acid groups (broad SMARTS) is 1. The van der Waals surface area contributed by atoms with Gasteiger partial charge in [0.2, 0.25) is 7.37 Å². The number of aliphatic carboxylic acids is 1. The molecule has 2 N–H and O–H groups in total. The molecule has 0 bridgehead atoms. The van der Waals surface area contributed by atoms with Gasteiger partial charge in [0.25, 0.3) is 0 Å². The highest BCUT2D eigenvalue weighted by Gasteiger charge is 2.31. The molecule has 2 atom stereocenters. The fourth-order valence-electron chi connectivity index (χ4n) is 0.516. The summed E-state index contributed by atoms with van der Waals surface area (Å²) in [7, 11) is -3.56. The normalized spacial score (nSPS) is 18.4. The Balaban J connectivity index is 4.41. The van der Waals surface area contributed by atoms with Crippen molar-refractivity contribution in [3.8, 4) is 0 Å². The third-order valence-corrected chi connectivity index (χ3v) is 3.57. The largest absolute Gasteiger partial charge is 0.481 e. The molecule has 2 unspecified atom stereocenters. The van der Waals surface area contributed by atoms with Crippen molar-refractivity contribution in [2.24, 2.45) is 0 Å². The van der Waals surface area contributed by atoms with Crippen LogP contribution >= 0.6 is 7.37 Å². The first-order valence-corrected chi connectivity index (χ1v) is 4.98. The van der Waals surface area contributed by atoms with Crippen molar-refractivity contribution in [2.45, 2.75) is 12.6 Å². The molecule has 0 fully saturated rings. The van der Waals surface area contributed by atoms with Gasteiger partial charge in [-0.1, -0.05) is 6.08 Å². The molecule has 0 amide bonds. The van der Waals surface area contributed by atoms with Gasteiger partial charge in [0.1, 0.15) is 5.66 Å². The van der Waals surface area contributed by atoms with Gasteiger partial charge in [-0.15, -0.1) is 6.58 Å². The molecule has 0 aliphatic rings. The Kier molecular flexibility index (Phi) is 3.49. The summed E-state index contributed by atoms with van der Waals surface area (Å²) >= 11 is 0.